The number of halogens is 2. The molecule has 0 saturated heterocycles. The number of fused-ring (bicyclic) bond motifs is 1. The van der Waals surface area contributed by atoms with Gasteiger partial charge in [-0.05, 0) is 60.7 Å². The molecule has 0 bridgehead atoms. The second kappa shape index (κ2) is 7.94. The van der Waals surface area contributed by atoms with Gasteiger partial charge in [0.15, 0.2) is 5.82 Å². The number of imidazole rings is 2. The lowest BCUT2D eigenvalue weighted by Crippen LogP contribution is -2.28. The number of hydrogen-bond donors (Lipinski definition) is 1. The Balaban J connectivity index is 1.61. The zero-order valence-corrected chi connectivity index (χ0v) is 17.7. The minimum Gasteiger partial charge on any atom is -0.337 e. The van der Waals surface area contributed by atoms with Crippen LogP contribution >= 0.6 is 11.6 Å². The van der Waals surface area contributed by atoms with Crippen LogP contribution in [0.4, 0.5) is 10.1 Å². The monoisotopic (exact) mass is 445 g/mol. The van der Waals surface area contributed by atoms with Crippen LogP contribution in [0, 0.1) is 5.82 Å². The molecule has 8 heteroatoms. The summed E-state index contributed by atoms with van der Waals surface area (Å²) in [7, 11) is 1.62. The van der Waals surface area contributed by atoms with Crippen molar-refractivity contribution in [1.82, 2.24) is 19.5 Å². The zero-order valence-electron chi connectivity index (χ0n) is 17.0. The Labute approximate surface area is 187 Å². The highest BCUT2D eigenvalue weighted by Gasteiger charge is 2.23. The van der Waals surface area contributed by atoms with E-state index in [1.165, 1.54) is 17.0 Å². The van der Waals surface area contributed by atoms with Gasteiger partial charge in [-0.1, -0.05) is 23.7 Å². The summed E-state index contributed by atoms with van der Waals surface area (Å²) in [5.41, 5.74) is 3.47. The van der Waals surface area contributed by atoms with Crippen LogP contribution in [0.15, 0.2) is 79.0 Å². The molecule has 0 atom stereocenters. The standard InChI is InChI=1S/C24H17ClFN5O/c1-30(17-12-8-16(26)9-13-17)24(32)23-29-21(14-31(23)18-10-6-15(25)7-11-18)22-27-19-4-2-3-5-20(19)28-22/h2-14H,1H3,(H,27,28). The number of benzene rings is 3. The van der Waals surface area contributed by atoms with E-state index in [1.807, 2.05) is 24.3 Å². The highest BCUT2D eigenvalue weighted by Crippen LogP contribution is 2.25. The van der Waals surface area contributed by atoms with Crippen LogP contribution < -0.4 is 4.90 Å². The van der Waals surface area contributed by atoms with Crippen LogP contribution in [0.25, 0.3) is 28.2 Å². The number of aromatic nitrogens is 4. The van der Waals surface area contributed by atoms with Gasteiger partial charge in [0.25, 0.3) is 5.91 Å². The summed E-state index contributed by atoms with van der Waals surface area (Å²) in [6.45, 7) is 0. The molecule has 158 valence electrons. The maximum atomic E-state index is 13.4. The van der Waals surface area contributed by atoms with Crippen LogP contribution in [-0.2, 0) is 0 Å². The smallest absolute Gasteiger partial charge is 0.294 e. The molecule has 0 fully saturated rings. The number of para-hydroxylation sites is 2. The Morgan fingerprint density at radius 2 is 1.72 bits per heavy atom. The molecule has 5 rings (SSSR count). The van der Waals surface area contributed by atoms with Crippen molar-refractivity contribution in [3.05, 3.63) is 95.7 Å². The van der Waals surface area contributed by atoms with Crippen molar-refractivity contribution in [2.24, 2.45) is 0 Å². The van der Waals surface area contributed by atoms with Gasteiger partial charge in [0.05, 0.1) is 11.0 Å². The SMILES string of the molecule is CN(C(=O)c1nc(-c2nc3ccccc3[nH]2)cn1-c1ccc(Cl)cc1)c1ccc(F)cc1. The molecule has 6 nitrogen and oxygen atoms in total. The Hall–Kier alpha value is -3.97. The Morgan fingerprint density at radius 1 is 1.00 bits per heavy atom. The summed E-state index contributed by atoms with van der Waals surface area (Å²) in [6.07, 6.45) is 1.76. The first-order chi connectivity index (χ1) is 15.5. The molecular weight excluding hydrogens is 429 g/mol. The third-order valence-electron chi connectivity index (χ3n) is 5.15. The molecule has 0 spiro atoms. The number of carbonyl (C=O) groups excluding carboxylic acids is 1. The van der Waals surface area contributed by atoms with Gasteiger partial charge in [0, 0.05) is 29.6 Å². The first-order valence-electron chi connectivity index (χ1n) is 9.84. The number of hydrogen-bond acceptors (Lipinski definition) is 3. The number of nitrogens with one attached hydrogen (secondary N) is 1. The lowest BCUT2D eigenvalue weighted by molar-refractivity contribution is 0.0981. The number of anilines is 1. The van der Waals surface area contributed by atoms with E-state index in [4.69, 9.17) is 11.6 Å². The number of H-pyrrole nitrogens is 1. The Morgan fingerprint density at radius 3 is 2.44 bits per heavy atom. The predicted molar refractivity (Wildman–Crippen MR) is 123 cm³/mol. The lowest BCUT2D eigenvalue weighted by atomic mass is 10.2. The van der Waals surface area contributed by atoms with Gasteiger partial charge in [0.1, 0.15) is 11.5 Å². The van der Waals surface area contributed by atoms with E-state index >= 15 is 0 Å². The van der Waals surface area contributed by atoms with E-state index in [9.17, 15) is 9.18 Å². The summed E-state index contributed by atoms with van der Waals surface area (Å²) < 4.78 is 15.0. The summed E-state index contributed by atoms with van der Waals surface area (Å²) in [6, 6.07) is 20.5. The quantitative estimate of drug-likeness (QED) is 0.398. The van der Waals surface area contributed by atoms with Crippen LogP contribution in [0.3, 0.4) is 0 Å². The molecule has 0 saturated carbocycles. The summed E-state index contributed by atoms with van der Waals surface area (Å²) in [5.74, 6) is 0.0188. The van der Waals surface area contributed by atoms with E-state index in [-0.39, 0.29) is 17.5 Å². The maximum absolute atomic E-state index is 13.4. The summed E-state index contributed by atoms with van der Waals surface area (Å²) >= 11 is 6.05. The van der Waals surface area contributed by atoms with Crippen molar-refractivity contribution in [1.29, 1.82) is 0 Å². The normalized spacial score (nSPS) is 11.1. The minimum absolute atomic E-state index is 0.189. The molecule has 0 aliphatic rings. The van der Waals surface area contributed by atoms with Gasteiger partial charge in [-0.3, -0.25) is 9.36 Å². The van der Waals surface area contributed by atoms with Gasteiger partial charge >= 0.3 is 0 Å². The highest BCUT2D eigenvalue weighted by atomic mass is 35.5. The molecule has 2 aromatic heterocycles. The number of rotatable bonds is 4. The summed E-state index contributed by atoms with van der Waals surface area (Å²) in [5, 5.41) is 0.586. The van der Waals surface area contributed by atoms with Crippen molar-refractivity contribution >= 4 is 34.2 Å². The molecular formula is C24H17ClFN5O. The van der Waals surface area contributed by atoms with Crippen LogP contribution in [0.1, 0.15) is 10.6 Å². The van der Waals surface area contributed by atoms with Crippen molar-refractivity contribution in [2.75, 3.05) is 11.9 Å². The second-order valence-electron chi connectivity index (χ2n) is 7.24. The second-order valence-corrected chi connectivity index (χ2v) is 7.68. The fourth-order valence-corrected chi connectivity index (χ4v) is 3.58. The molecule has 0 radical (unpaired) electrons. The average Bonchev–Trinajstić information content (AvgIpc) is 3.44. The number of carbonyl (C=O) groups is 1. The van der Waals surface area contributed by atoms with E-state index in [0.717, 1.165) is 16.7 Å². The predicted octanol–water partition coefficient (Wildman–Crippen LogP) is 5.48. The van der Waals surface area contributed by atoms with Crippen LogP contribution in [0.5, 0.6) is 0 Å². The number of aromatic amines is 1. The van der Waals surface area contributed by atoms with Gasteiger partial charge in [-0.15, -0.1) is 0 Å². The fourth-order valence-electron chi connectivity index (χ4n) is 3.45. The van der Waals surface area contributed by atoms with Crippen LogP contribution in [0.2, 0.25) is 5.02 Å². The first kappa shape index (κ1) is 20.0. The molecule has 2 heterocycles. The van der Waals surface area contributed by atoms with Gasteiger partial charge in [0.2, 0.25) is 5.82 Å². The Kier molecular flexibility index (Phi) is 4.95. The van der Waals surface area contributed by atoms with Crippen molar-refractivity contribution in [2.45, 2.75) is 0 Å². The molecule has 1 N–H and O–H groups in total. The van der Waals surface area contributed by atoms with Crippen molar-refractivity contribution in [3.63, 3.8) is 0 Å². The highest BCUT2D eigenvalue weighted by molar-refractivity contribution is 6.30. The molecule has 0 aliphatic carbocycles. The van der Waals surface area contributed by atoms with Crippen LogP contribution in [-0.4, -0.2) is 32.5 Å². The minimum atomic E-state index is -0.371. The molecule has 0 aliphatic heterocycles. The largest absolute Gasteiger partial charge is 0.337 e. The molecule has 5 aromatic rings. The fraction of sp³-hybridized carbons (Fsp3) is 0.0417. The number of nitrogens with zero attached hydrogens (tertiary/aromatic N) is 4. The maximum Gasteiger partial charge on any atom is 0.294 e. The number of amides is 1. The molecule has 3 aromatic carbocycles. The zero-order chi connectivity index (χ0) is 22.2. The van der Waals surface area contributed by atoms with E-state index in [0.29, 0.717) is 22.2 Å². The van der Waals surface area contributed by atoms with E-state index in [1.54, 1.807) is 54.2 Å². The van der Waals surface area contributed by atoms with Gasteiger partial charge < -0.3 is 9.88 Å². The molecule has 1 amide bonds. The van der Waals surface area contributed by atoms with Crippen molar-refractivity contribution in [3.8, 4) is 17.2 Å². The molecule has 32 heavy (non-hydrogen) atoms. The van der Waals surface area contributed by atoms with Gasteiger partial charge in [-0.2, -0.15) is 0 Å². The van der Waals surface area contributed by atoms with Gasteiger partial charge in [-0.25, -0.2) is 14.4 Å². The third kappa shape index (κ3) is 3.63. The third-order valence-corrected chi connectivity index (χ3v) is 5.40. The van der Waals surface area contributed by atoms with E-state index in [2.05, 4.69) is 15.0 Å². The lowest BCUT2D eigenvalue weighted by Gasteiger charge is -2.17. The summed E-state index contributed by atoms with van der Waals surface area (Å²) in [4.78, 5) is 27.3. The first-order valence-corrected chi connectivity index (χ1v) is 10.2. The van der Waals surface area contributed by atoms with Crippen molar-refractivity contribution < 1.29 is 9.18 Å². The molecule has 0 unspecified atom stereocenters. The van der Waals surface area contributed by atoms with E-state index < -0.39 is 0 Å². The Bertz CT molecular complexity index is 1390. The average molecular weight is 446 g/mol. The topological polar surface area (TPSA) is 66.8 Å².